The van der Waals surface area contributed by atoms with Crippen molar-refractivity contribution in [2.24, 2.45) is 0 Å². The molecule has 0 N–H and O–H groups in total. The molecule has 0 bridgehead atoms. The SMILES string of the molecule is CC(C)c1ccc(-c2cc(C#N)nn2-c2ccc(Cl)cc2)cc1. The Kier molecular flexibility index (Phi) is 4.18. The van der Waals surface area contributed by atoms with Crippen LogP contribution in [0.4, 0.5) is 0 Å². The van der Waals surface area contributed by atoms with Crippen LogP contribution in [-0.2, 0) is 0 Å². The normalized spacial score (nSPS) is 10.7. The van der Waals surface area contributed by atoms with Crippen LogP contribution in [-0.4, -0.2) is 9.78 Å². The van der Waals surface area contributed by atoms with Gasteiger partial charge in [-0.25, -0.2) is 4.68 Å². The Morgan fingerprint density at radius 1 is 1.04 bits per heavy atom. The third-order valence-electron chi connectivity index (χ3n) is 3.77. The van der Waals surface area contributed by atoms with Gasteiger partial charge < -0.3 is 0 Å². The molecule has 2 aromatic carbocycles. The van der Waals surface area contributed by atoms with Gasteiger partial charge in [0.2, 0.25) is 0 Å². The van der Waals surface area contributed by atoms with Crippen LogP contribution in [0, 0.1) is 11.3 Å². The Hall–Kier alpha value is -2.57. The summed E-state index contributed by atoms with van der Waals surface area (Å²) in [6.07, 6.45) is 0. The van der Waals surface area contributed by atoms with Gasteiger partial charge in [0.05, 0.1) is 11.4 Å². The summed E-state index contributed by atoms with van der Waals surface area (Å²) >= 11 is 5.95. The number of benzene rings is 2. The van der Waals surface area contributed by atoms with Crippen molar-refractivity contribution in [3.63, 3.8) is 0 Å². The van der Waals surface area contributed by atoms with Gasteiger partial charge >= 0.3 is 0 Å². The molecule has 3 nitrogen and oxygen atoms in total. The highest BCUT2D eigenvalue weighted by atomic mass is 35.5. The number of halogens is 1. The van der Waals surface area contributed by atoms with Crippen molar-refractivity contribution in [2.75, 3.05) is 0 Å². The fourth-order valence-corrected chi connectivity index (χ4v) is 2.59. The van der Waals surface area contributed by atoms with Crippen LogP contribution in [0.15, 0.2) is 54.6 Å². The molecule has 3 rings (SSSR count). The number of nitrogens with zero attached hydrogens (tertiary/aromatic N) is 3. The van der Waals surface area contributed by atoms with Crippen LogP contribution in [0.5, 0.6) is 0 Å². The van der Waals surface area contributed by atoms with E-state index in [9.17, 15) is 5.26 Å². The van der Waals surface area contributed by atoms with Crippen molar-refractivity contribution < 1.29 is 0 Å². The average Bonchev–Trinajstić information content (AvgIpc) is 3.00. The lowest BCUT2D eigenvalue weighted by Gasteiger charge is -2.09. The molecule has 0 fully saturated rings. The van der Waals surface area contributed by atoms with E-state index in [4.69, 9.17) is 11.6 Å². The van der Waals surface area contributed by atoms with Crippen molar-refractivity contribution >= 4 is 11.6 Å². The monoisotopic (exact) mass is 321 g/mol. The Morgan fingerprint density at radius 3 is 2.26 bits per heavy atom. The predicted octanol–water partition coefficient (Wildman–Crippen LogP) is 5.19. The molecule has 23 heavy (non-hydrogen) atoms. The highest BCUT2D eigenvalue weighted by Gasteiger charge is 2.12. The van der Waals surface area contributed by atoms with Gasteiger partial charge in [0.15, 0.2) is 5.69 Å². The topological polar surface area (TPSA) is 41.6 Å². The molecule has 0 saturated heterocycles. The van der Waals surface area contributed by atoms with Crippen LogP contribution in [0.3, 0.4) is 0 Å². The predicted molar refractivity (Wildman–Crippen MR) is 92.8 cm³/mol. The molecule has 1 aromatic heterocycles. The summed E-state index contributed by atoms with van der Waals surface area (Å²) in [5, 5.41) is 14.2. The van der Waals surface area contributed by atoms with Crippen LogP contribution >= 0.6 is 11.6 Å². The molecule has 0 aliphatic carbocycles. The van der Waals surface area contributed by atoms with Gasteiger partial charge in [-0.3, -0.25) is 0 Å². The number of rotatable bonds is 3. The Balaban J connectivity index is 2.10. The van der Waals surface area contributed by atoms with E-state index >= 15 is 0 Å². The number of nitriles is 1. The van der Waals surface area contributed by atoms with Crippen LogP contribution in [0.2, 0.25) is 5.02 Å². The highest BCUT2D eigenvalue weighted by Crippen LogP contribution is 2.26. The molecule has 0 atom stereocenters. The van der Waals surface area contributed by atoms with E-state index < -0.39 is 0 Å². The fourth-order valence-electron chi connectivity index (χ4n) is 2.46. The molecule has 0 radical (unpaired) electrons. The third kappa shape index (κ3) is 3.13. The number of hydrogen-bond donors (Lipinski definition) is 0. The largest absolute Gasteiger partial charge is 0.232 e. The summed E-state index contributed by atoms with van der Waals surface area (Å²) in [5.41, 5.74) is 4.46. The maximum atomic E-state index is 9.18. The first-order valence-electron chi connectivity index (χ1n) is 7.45. The van der Waals surface area contributed by atoms with Crippen molar-refractivity contribution in [1.29, 1.82) is 5.26 Å². The van der Waals surface area contributed by atoms with Crippen molar-refractivity contribution in [2.45, 2.75) is 19.8 Å². The third-order valence-corrected chi connectivity index (χ3v) is 4.02. The summed E-state index contributed by atoms with van der Waals surface area (Å²) in [4.78, 5) is 0. The first-order chi connectivity index (χ1) is 11.1. The molecule has 0 spiro atoms. The Morgan fingerprint density at radius 2 is 1.70 bits per heavy atom. The molecule has 4 heteroatoms. The molecule has 0 amide bonds. The summed E-state index contributed by atoms with van der Waals surface area (Å²) in [7, 11) is 0. The zero-order chi connectivity index (χ0) is 16.4. The van der Waals surface area contributed by atoms with E-state index in [1.54, 1.807) is 10.7 Å². The maximum absolute atomic E-state index is 9.18. The molecule has 114 valence electrons. The quantitative estimate of drug-likeness (QED) is 0.666. The van der Waals surface area contributed by atoms with Crippen LogP contribution in [0.25, 0.3) is 16.9 Å². The van der Waals surface area contributed by atoms with E-state index in [0.29, 0.717) is 16.6 Å². The standard InChI is InChI=1S/C19H16ClN3/c1-13(2)14-3-5-15(6-4-14)19-11-17(12-21)22-23(19)18-9-7-16(20)8-10-18/h3-11,13H,1-2H3. The summed E-state index contributed by atoms with van der Waals surface area (Å²) in [5.74, 6) is 0.486. The zero-order valence-corrected chi connectivity index (χ0v) is 13.7. The molecule has 0 aliphatic heterocycles. The van der Waals surface area contributed by atoms with Gasteiger partial charge in [0.25, 0.3) is 0 Å². The summed E-state index contributed by atoms with van der Waals surface area (Å²) < 4.78 is 1.78. The van der Waals surface area contributed by atoms with E-state index in [-0.39, 0.29) is 0 Å². The fraction of sp³-hybridized carbons (Fsp3) is 0.158. The van der Waals surface area contributed by atoms with Gasteiger partial charge in [-0.2, -0.15) is 10.4 Å². The van der Waals surface area contributed by atoms with Gasteiger partial charge in [0, 0.05) is 16.7 Å². The second-order valence-corrected chi connectivity index (χ2v) is 6.13. The van der Waals surface area contributed by atoms with E-state index in [1.165, 1.54) is 5.56 Å². The minimum absolute atomic E-state index is 0.392. The maximum Gasteiger partial charge on any atom is 0.163 e. The van der Waals surface area contributed by atoms with Crippen molar-refractivity contribution in [1.82, 2.24) is 9.78 Å². The minimum Gasteiger partial charge on any atom is -0.232 e. The molecular formula is C19H16ClN3. The van der Waals surface area contributed by atoms with Gasteiger partial charge in [0.1, 0.15) is 6.07 Å². The van der Waals surface area contributed by atoms with Gasteiger partial charge in [-0.1, -0.05) is 49.7 Å². The molecule has 1 heterocycles. The Labute approximate surface area is 140 Å². The molecule has 0 unspecified atom stereocenters. The first kappa shape index (κ1) is 15.3. The number of hydrogen-bond acceptors (Lipinski definition) is 2. The van der Waals surface area contributed by atoms with Crippen molar-refractivity contribution in [3.05, 3.63) is 70.9 Å². The lowest BCUT2D eigenvalue weighted by molar-refractivity contribution is 0.865. The minimum atomic E-state index is 0.392. The zero-order valence-electron chi connectivity index (χ0n) is 13.0. The van der Waals surface area contributed by atoms with Crippen LogP contribution < -0.4 is 0 Å². The summed E-state index contributed by atoms with van der Waals surface area (Å²) in [6.45, 7) is 4.33. The molecule has 0 aliphatic rings. The lowest BCUT2D eigenvalue weighted by atomic mass is 10.0. The van der Waals surface area contributed by atoms with E-state index in [2.05, 4.69) is 49.3 Å². The first-order valence-corrected chi connectivity index (χ1v) is 7.82. The molecular weight excluding hydrogens is 306 g/mol. The lowest BCUT2D eigenvalue weighted by Crippen LogP contribution is -1.99. The summed E-state index contributed by atoms with van der Waals surface area (Å²) in [6, 6.07) is 19.7. The Bertz CT molecular complexity index is 853. The van der Waals surface area contributed by atoms with Gasteiger partial charge in [-0.15, -0.1) is 0 Å². The van der Waals surface area contributed by atoms with E-state index in [0.717, 1.165) is 16.9 Å². The van der Waals surface area contributed by atoms with Crippen molar-refractivity contribution in [3.8, 4) is 23.0 Å². The molecule has 3 aromatic rings. The van der Waals surface area contributed by atoms with Crippen LogP contribution in [0.1, 0.15) is 31.0 Å². The number of aromatic nitrogens is 2. The smallest absolute Gasteiger partial charge is 0.163 e. The second kappa shape index (κ2) is 6.28. The second-order valence-electron chi connectivity index (χ2n) is 5.69. The average molecular weight is 322 g/mol. The van der Waals surface area contributed by atoms with E-state index in [1.807, 2.05) is 24.3 Å². The highest BCUT2D eigenvalue weighted by molar-refractivity contribution is 6.30. The van der Waals surface area contributed by atoms with Gasteiger partial charge in [-0.05, 0) is 35.7 Å². The molecule has 0 saturated carbocycles.